The van der Waals surface area contributed by atoms with Gasteiger partial charge in [0.25, 0.3) is 0 Å². The first-order valence-electron chi connectivity index (χ1n) is 10.2. The van der Waals surface area contributed by atoms with E-state index in [0.29, 0.717) is 17.1 Å². The summed E-state index contributed by atoms with van der Waals surface area (Å²) in [5.41, 5.74) is 3.77. The number of esters is 3. The number of ether oxygens (including phenoxy) is 3. The largest absolute Gasteiger partial charge is 0.465 e. The molecule has 0 atom stereocenters. The molecule has 3 rings (SSSR count). The molecule has 0 aliphatic rings. The quantitative estimate of drug-likeness (QED) is 0.382. The summed E-state index contributed by atoms with van der Waals surface area (Å²) in [6.07, 6.45) is 0. The van der Waals surface area contributed by atoms with E-state index in [-0.39, 0.29) is 16.7 Å². The van der Waals surface area contributed by atoms with E-state index in [1.807, 2.05) is 26.0 Å². The predicted molar refractivity (Wildman–Crippen MR) is 125 cm³/mol. The van der Waals surface area contributed by atoms with Gasteiger partial charge >= 0.3 is 17.9 Å². The smallest absolute Gasteiger partial charge is 0.340 e. The fraction of sp³-hybridized carbons (Fsp3) is 0.192. The molecule has 170 valence electrons. The summed E-state index contributed by atoms with van der Waals surface area (Å²) in [6, 6.07) is 17.4. The maximum Gasteiger partial charge on any atom is 0.340 e. The molecule has 0 N–H and O–H groups in total. The Balaban J connectivity index is 2.44. The lowest BCUT2D eigenvalue weighted by atomic mass is 10.0. The molecule has 0 aliphatic carbocycles. The maximum absolute atomic E-state index is 12.7. The lowest BCUT2D eigenvalue weighted by Crippen LogP contribution is -2.21. The number of hydrogen-bond donors (Lipinski definition) is 0. The highest BCUT2D eigenvalue weighted by Crippen LogP contribution is 2.41. The summed E-state index contributed by atoms with van der Waals surface area (Å²) in [5.74, 6) is -1.67. The zero-order valence-corrected chi connectivity index (χ0v) is 19.2. The number of methoxy groups -OCH3 is 3. The molecule has 0 bridgehead atoms. The van der Waals surface area contributed by atoms with E-state index in [9.17, 15) is 14.4 Å². The van der Waals surface area contributed by atoms with Crippen LogP contribution in [0.4, 0.5) is 17.1 Å². The second-order valence-corrected chi connectivity index (χ2v) is 7.37. The molecule has 0 saturated heterocycles. The van der Waals surface area contributed by atoms with Crippen LogP contribution in [0.5, 0.6) is 0 Å². The van der Waals surface area contributed by atoms with E-state index in [0.717, 1.165) is 11.1 Å². The van der Waals surface area contributed by atoms with Crippen molar-refractivity contribution in [2.24, 2.45) is 0 Å². The Kier molecular flexibility index (Phi) is 7.13. The van der Waals surface area contributed by atoms with Crippen molar-refractivity contribution >= 4 is 35.0 Å². The number of hydrogen-bond acceptors (Lipinski definition) is 7. The van der Waals surface area contributed by atoms with Gasteiger partial charge in [0.1, 0.15) is 0 Å². The minimum atomic E-state index is -0.561. The monoisotopic (exact) mass is 447 g/mol. The van der Waals surface area contributed by atoms with Gasteiger partial charge in [-0.2, -0.15) is 0 Å². The van der Waals surface area contributed by atoms with Crippen LogP contribution in [0.2, 0.25) is 0 Å². The summed E-state index contributed by atoms with van der Waals surface area (Å²) in [7, 11) is 3.89. The fourth-order valence-electron chi connectivity index (χ4n) is 3.58. The number of para-hydroxylation sites is 1. The first-order chi connectivity index (χ1) is 15.8. The molecule has 0 radical (unpaired) electrons. The number of nitrogens with zero attached hydrogens (tertiary/aromatic N) is 1. The van der Waals surface area contributed by atoms with Gasteiger partial charge in [0, 0.05) is 0 Å². The van der Waals surface area contributed by atoms with Crippen LogP contribution in [0.15, 0.2) is 60.7 Å². The lowest BCUT2D eigenvalue weighted by Gasteiger charge is -2.30. The molecule has 33 heavy (non-hydrogen) atoms. The summed E-state index contributed by atoms with van der Waals surface area (Å²) >= 11 is 0. The van der Waals surface area contributed by atoms with Crippen LogP contribution < -0.4 is 4.90 Å². The highest BCUT2D eigenvalue weighted by atomic mass is 16.5. The summed E-state index contributed by atoms with van der Waals surface area (Å²) in [5, 5.41) is 0. The third-order valence-electron chi connectivity index (χ3n) is 5.15. The molecule has 3 aromatic rings. The number of rotatable bonds is 6. The number of benzene rings is 3. The third-order valence-corrected chi connectivity index (χ3v) is 5.15. The lowest BCUT2D eigenvalue weighted by molar-refractivity contribution is 0.0593. The second-order valence-electron chi connectivity index (χ2n) is 7.37. The molecule has 0 aliphatic heterocycles. The summed E-state index contributed by atoms with van der Waals surface area (Å²) in [4.78, 5) is 39.7. The molecule has 7 nitrogen and oxygen atoms in total. The minimum absolute atomic E-state index is 0.257. The van der Waals surface area contributed by atoms with Crippen LogP contribution in [0, 0.1) is 13.8 Å². The van der Waals surface area contributed by atoms with Gasteiger partial charge in [-0.25, -0.2) is 14.4 Å². The van der Waals surface area contributed by atoms with Crippen molar-refractivity contribution in [1.82, 2.24) is 0 Å². The van der Waals surface area contributed by atoms with Gasteiger partial charge in [-0.15, -0.1) is 0 Å². The Bertz CT molecular complexity index is 1150. The van der Waals surface area contributed by atoms with Crippen LogP contribution >= 0.6 is 0 Å². The van der Waals surface area contributed by atoms with E-state index < -0.39 is 17.9 Å². The molecule has 0 aromatic heterocycles. The molecule has 0 amide bonds. The number of aryl methyl sites for hydroxylation is 2. The zero-order valence-electron chi connectivity index (χ0n) is 19.2. The molecule has 0 unspecified atom stereocenters. The minimum Gasteiger partial charge on any atom is -0.465 e. The molecule has 0 saturated carbocycles. The number of carbonyl (C=O) groups is 3. The van der Waals surface area contributed by atoms with Crippen molar-refractivity contribution in [2.75, 3.05) is 26.2 Å². The van der Waals surface area contributed by atoms with E-state index in [1.165, 1.54) is 21.3 Å². The first-order valence-corrected chi connectivity index (χ1v) is 10.2. The van der Waals surface area contributed by atoms with Crippen LogP contribution in [-0.4, -0.2) is 39.2 Å². The van der Waals surface area contributed by atoms with E-state index in [4.69, 9.17) is 14.2 Å². The summed E-state index contributed by atoms with van der Waals surface area (Å²) < 4.78 is 15.0. The van der Waals surface area contributed by atoms with E-state index in [2.05, 4.69) is 0 Å². The van der Waals surface area contributed by atoms with E-state index >= 15 is 0 Å². The summed E-state index contributed by atoms with van der Waals surface area (Å²) in [6.45, 7) is 3.71. The van der Waals surface area contributed by atoms with Gasteiger partial charge in [-0.05, 0) is 50.2 Å². The van der Waals surface area contributed by atoms with Crippen LogP contribution in [0.3, 0.4) is 0 Å². The van der Waals surface area contributed by atoms with Gasteiger partial charge in [-0.1, -0.05) is 35.4 Å². The standard InChI is InChI=1S/C26H25NO6/c1-16-10-12-22(19(14-16)25(29)32-4)27(21-9-7-6-8-18(21)24(28)31-3)23-13-11-17(2)15-20(23)26(30)33-5/h6-15H,1-5H3. The Labute approximate surface area is 192 Å². The van der Waals surface area contributed by atoms with Crippen LogP contribution in [0.1, 0.15) is 42.2 Å². The van der Waals surface area contributed by atoms with Crippen molar-refractivity contribution in [2.45, 2.75) is 13.8 Å². The molecule has 0 fully saturated rings. The Morgan fingerprint density at radius 3 is 1.42 bits per heavy atom. The average molecular weight is 447 g/mol. The van der Waals surface area contributed by atoms with Gasteiger partial charge < -0.3 is 19.1 Å². The highest BCUT2D eigenvalue weighted by Gasteiger charge is 2.28. The maximum atomic E-state index is 12.7. The van der Waals surface area contributed by atoms with Gasteiger partial charge in [-0.3, -0.25) is 0 Å². The second kappa shape index (κ2) is 9.99. The Morgan fingerprint density at radius 2 is 0.970 bits per heavy atom. The number of carbonyl (C=O) groups excluding carboxylic acids is 3. The molecular weight excluding hydrogens is 422 g/mol. The van der Waals surface area contributed by atoms with Gasteiger partial charge in [0.05, 0.1) is 55.1 Å². The van der Waals surface area contributed by atoms with E-state index in [1.54, 1.807) is 53.4 Å². The van der Waals surface area contributed by atoms with Crippen LogP contribution in [0.25, 0.3) is 0 Å². The molecule has 0 heterocycles. The van der Waals surface area contributed by atoms with Crippen molar-refractivity contribution < 1.29 is 28.6 Å². The zero-order chi connectivity index (χ0) is 24.1. The Morgan fingerprint density at radius 1 is 0.576 bits per heavy atom. The first kappa shape index (κ1) is 23.5. The molecule has 7 heteroatoms. The average Bonchev–Trinajstić information content (AvgIpc) is 2.84. The number of anilines is 3. The molecular formula is C26H25NO6. The van der Waals surface area contributed by atoms with Crippen molar-refractivity contribution in [3.05, 3.63) is 88.5 Å². The van der Waals surface area contributed by atoms with Gasteiger partial charge in [0.2, 0.25) is 0 Å². The van der Waals surface area contributed by atoms with Crippen molar-refractivity contribution in [3.63, 3.8) is 0 Å². The topological polar surface area (TPSA) is 82.1 Å². The van der Waals surface area contributed by atoms with Crippen LogP contribution in [-0.2, 0) is 14.2 Å². The fourth-order valence-corrected chi connectivity index (χ4v) is 3.58. The van der Waals surface area contributed by atoms with Crippen molar-refractivity contribution in [1.29, 1.82) is 0 Å². The predicted octanol–water partition coefficient (Wildman–Crippen LogP) is 5.13. The molecule has 0 spiro atoms. The SMILES string of the molecule is COC(=O)c1ccccc1N(c1ccc(C)cc1C(=O)OC)c1ccc(C)cc1C(=O)OC. The van der Waals surface area contributed by atoms with Gasteiger partial charge in [0.15, 0.2) is 0 Å². The normalized spacial score (nSPS) is 10.3. The molecule has 3 aromatic carbocycles. The highest BCUT2D eigenvalue weighted by molar-refractivity contribution is 6.06. The Hall–Kier alpha value is -4.13. The third kappa shape index (κ3) is 4.72. The van der Waals surface area contributed by atoms with Crippen molar-refractivity contribution in [3.8, 4) is 0 Å².